The van der Waals surface area contributed by atoms with Gasteiger partial charge in [-0.1, -0.05) is 13.8 Å². The topological polar surface area (TPSA) is 148 Å². The van der Waals surface area contributed by atoms with E-state index in [1.807, 2.05) is 0 Å². The minimum absolute atomic E-state index is 0.382. The van der Waals surface area contributed by atoms with E-state index in [4.69, 9.17) is 15.6 Å². The highest BCUT2D eigenvalue weighted by atomic mass is 16.6. The van der Waals surface area contributed by atoms with Crippen LogP contribution in [0, 0.1) is 5.92 Å². The second kappa shape index (κ2) is 8.35. The van der Waals surface area contributed by atoms with E-state index < -0.39 is 48.0 Å². The highest BCUT2D eigenvalue weighted by Gasteiger charge is 2.30. The van der Waals surface area contributed by atoms with Crippen molar-refractivity contribution in [3.8, 4) is 0 Å². The van der Waals surface area contributed by atoms with Crippen molar-refractivity contribution < 1.29 is 29.0 Å². The molecule has 0 aromatic carbocycles. The normalized spacial score (nSPS) is 13.8. The molecule has 0 aliphatic rings. The molecule has 0 bridgehead atoms. The second-order valence-electron chi connectivity index (χ2n) is 6.44. The Labute approximate surface area is 134 Å². The molecule has 9 nitrogen and oxygen atoms in total. The standard InChI is InChI=1S/C14H25N3O6/c1-7(2)10(12(20)21)17-11(19)8(6-9(15)18)16-13(22)23-14(3,4)5/h7-8,10H,6H2,1-5H3,(H2,15,18)(H,16,22)(H,17,19)(H,20,21). The zero-order valence-corrected chi connectivity index (χ0v) is 14.0. The first-order valence-corrected chi connectivity index (χ1v) is 7.14. The quantitative estimate of drug-likeness (QED) is 0.515. The summed E-state index contributed by atoms with van der Waals surface area (Å²) in [6.07, 6.45) is -1.38. The number of primary amides is 1. The van der Waals surface area contributed by atoms with E-state index in [-0.39, 0.29) is 5.92 Å². The van der Waals surface area contributed by atoms with Crippen LogP contribution in [0.25, 0.3) is 0 Å². The molecule has 0 aliphatic heterocycles. The van der Waals surface area contributed by atoms with Crippen LogP contribution >= 0.6 is 0 Å². The number of carboxylic acids is 1. The van der Waals surface area contributed by atoms with Crippen molar-refractivity contribution in [3.63, 3.8) is 0 Å². The maximum atomic E-state index is 12.1. The number of nitrogens with one attached hydrogen (secondary N) is 2. The number of carbonyl (C=O) groups excluding carboxylic acids is 3. The van der Waals surface area contributed by atoms with Crippen LogP contribution in [-0.2, 0) is 19.1 Å². The number of nitrogens with two attached hydrogens (primary N) is 1. The Morgan fingerprint density at radius 3 is 2.00 bits per heavy atom. The van der Waals surface area contributed by atoms with E-state index in [0.717, 1.165) is 0 Å². The van der Waals surface area contributed by atoms with Gasteiger partial charge in [0.1, 0.15) is 17.7 Å². The lowest BCUT2D eigenvalue weighted by molar-refractivity contribution is -0.143. The monoisotopic (exact) mass is 331 g/mol. The van der Waals surface area contributed by atoms with Gasteiger partial charge in [-0.05, 0) is 26.7 Å². The van der Waals surface area contributed by atoms with Gasteiger partial charge in [0.15, 0.2) is 0 Å². The van der Waals surface area contributed by atoms with Gasteiger partial charge >= 0.3 is 12.1 Å². The van der Waals surface area contributed by atoms with Gasteiger partial charge in [-0.15, -0.1) is 0 Å². The van der Waals surface area contributed by atoms with Crippen LogP contribution in [0.5, 0.6) is 0 Å². The van der Waals surface area contributed by atoms with Crippen molar-refractivity contribution in [2.75, 3.05) is 0 Å². The van der Waals surface area contributed by atoms with Crippen LogP contribution in [0.2, 0.25) is 0 Å². The van der Waals surface area contributed by atoms with Gasteiger partial charge in [0, 0.05) is 0 Å². The molecule has 0 radical (unpaired) electrons. The first-order chi connectivity index (χ1) is 10.3. The lowest BCUT2D eigenvalue weighted by Gasteiger charge is -2.24. The van der Waals surface area contributed by atoms with Crippen molar-refractivity contribution >= 4 is 23.9 Å². The molecule has 0 rings (SSSR count). The van der Waals surface area contributed by atoms with E-state index >= 15 is 0 Å². The maximum absolute atomic E-state index is 12.1. The molecule has 0 aliphatic carbocycles. The highest BCUT2D eigenvalue weighted by Crippen LogP contribution is 2.08. The molecule has 2 unspecified atom stereocenters. The molecule has 2 atom stereocenters. The smallest absolute Gasteiger partial charge is 0.408 e. The molecule has 132 valence electrons. The minimum Gasteiger partial charge on any atom is -0.480 e. The van der Waals surface area contributed by atoms with Crippen molar-refractivity contribution in [1.29, 1.82) is 0 Å². The molecule has 0 saturated heterocycles. The van der Waals surface area contributed by atoms with E-state index in [9.17, 15) is 19.2 Å². The Morgan fingerprint density at radius 2 is 1.65 bits per heavy atom. The second-order valence-corrected chi connectivity index (χ2v) is 6.44. The van der Waals surface area contributed by atoms with Gasteiger partial charge in [-0.3, -0.25) is 9.59 Å². The third-order valence-corrected chi connectivity index (χ3v) is 2.64. The molecule has 0 aromatic heterocycles. The summed E-state index contributed by atoms with van der Waals surface area (Å²) >= 11 is 0. The predicted octanol–water partition coefficient (Wildman–Crippen LogP) is -0.0195. The van der Waals surface area contributed by atoms with Crippen molar-refractivity contribution in [1.82, 2.24) is 10.6 Å². The SMILES string of the molecule is CC(C)C(NC(=O)C(CC(N)=O)NC(=O)OC(C)(C)C)C(=O)O. The summed E-state index contributed by atoms with van der Waals surface area (Å²) in [5.41, 5.74) is 4.26. The lowest BCUT2D eigenvalue weighted by Crippen LogP contribution is -2.54. The fraction of sp³-hybridized carbons (Fsp3) is 0.714. The number of carbonyl (C=O) groups is 4. The zero-order chi connectivity index (χ0) is 18.4. The van der Waals surface area contributed by atoms with Gasteiger partial charge in [-0.25, -0.2) is 9.59 Å². The molecule has 23 heavy (non-hydrogen) atoms. The van der Waals surface area contributed by atoms with Gasteiger partial charge in [0.25, 0.3) is 0 Å². The molecule has 0 spiro atoms. The number of hydrogen-bond donors (Lipinski definition) is 4. The average molecular weight is 331 g/mol. The van der Waals surface area contributed by atoms with Crippen molar-refractivity contribution in [2.45, 2.75) is 58.7 Å². The number of aliphatic carboxylic acids is 1. The number of hydrogen-bond acceptors (Lipinski definition) is 5. The van der Waals surface area contributed by atoms with Gasteiger partial charge in [-0.2, -0.15) is 0 Å². The maximum Gasteiger partial charge on any atom is 0.408 e. The summed E-state index contributed by atoms with van der Waals surface area (Å²) in [7, 11) is 0. The first-order valence-electron chi connectivity index (χ1n) is 7.14. The van der Waals surface area contributed by atoms with Crippen LogP contribution < -0.4 is 16.4 Å². The number of amides is 3. The Bertz CT molecular complexity index is 470. The summed E-state index contributed by atoms with van der Waals surface area (Å²) in [5.74, 6) is -3.25. The molecular formula is C14H25N3O6. The van der Waals surface area contributed by atoms with Crippen LogP contribution in [0.3, 0.4) is 0 Å². The molecule has 0 heterocycles. The highest BCUT2D eigenvalue weighted by molar-refractivity contribution is 5.92. The van der Waals surface area contributed by atoms with Gasteiger partial charge in [0.2, 0.25) is 11.8 Å². The molecule has 3 amide bonds. The van der Waals surface area contributed by atoms with Crippen molar-refractivity contribution in [2.24, 2.45) is 11.7 Å². The third-order valence-electron chi connectivity index (χ3n) is 2.64. The lowest BCUT2D eigenvalue weighted by atomic mass is 10.0. The fourth-order valence-electron chi connectivity index (χ4n) is 1.63. The number of rotatable bonds is 7. The molecule has 9 heteroatoms. The van der Waals surface area contributed by atoms with Crippen LogP contribution in [0.4, 0.5) is 4.79 Å². The van der Waals surface area contributed by atoms with Gasteiger partial charge in [0.05, 0.1) is 6.42 Å². The molecule has 0 fully saturated rings. The molecular weight excluding hydrogens is 306 g/mol. The first kappa shape index (κ1) is 20.7. The van der Waals surface area contributed by atoms with Crippen LogP contribution in [0.1, 0.15) is 41.0 Å². The predicted molar refractivity (Wildman–Crippen MR) is 81.4 cm³/mol. The van der Waals surface area contributed by atoms with Crippen molar-refractivity contribution in [3.05, 3.63) is 0 Å². The Kier molecular flexibility index (Phi) is 7.51. The summed E-state index contributed by atoms with van der Waals surface area (Å²) in [4.78, 5) is 46.1. The minimum atomic E-state index is -1.32. The Morgan fingerprint density at radius 1 is 1.13 bits per heavy atom. The van der Waals surface area contributed by atoms with E-state index in [2.05, 4.69) is 10.6 Å². The fourth-order valence-corrected chi connectivity index (χ4v) is 1.63. The van der Waals surface area contributed by atoms with Gasteiger partial charge < -0.3 is 26.2 Å². The number of alkyl carbamates (subject to hydrolysis) is 1. The summed E-state index contributed by atoms with van der Waals surface area (Å²) in [5, 5.41) is 13.6. The zero-order valence-electron chi connectivity index (χ0n) is 14.0. The van der Waals surface area contributed by atoms with E-state index in [1.54, 1.807) is 34.6 Å². The Hall–Kier alpha value is -2.32. The summed E-state index contributed by atoms with van der Waals surface area (Å²) in [6, 6.07) is -2.47. The largest absolute Gasteiger partial charge is 0.480 e. The number of carboxylic acid groups (broad SMARTS) is 1. The average Bonchev–Trinajstić information content (AvgIpc) is 2.30. The third kappa shape index (κ3) is 8.64. The van der Waals surface area contributed by atoms with Crippen LogP contribution in [-0.4, -0.2) is 46.7 Å². The van der Waals surface area contributed by atoms with E-state index in [0.29, 0.717) is 0 Å². The van der Waals surface area contributed by atoms with Crippen LogP contribution in [0.15, 0.2) is 0 Å². The molecule has 5 N–H and O–H groups in total. The Balaban J connectivity index is 5.02. The molecule has 0 aromatic rings. The molecule has 0 saturated carbocycles. The summed E-state index contributed by atoms with van der Waals surface area (Å²) in [6.45, 7) is 8.13. The summed E-state index contributed by atoms with van der Waals surface area (Å²) < 4.78 is 5.00. The number of ether oxygens (including phenoxy) is 1. The van der Waals surface area contributed by atoms with E-state index in [1.165, 1.54) is 0 Å².